The SMILES string of the molecule is COc1cccc(C(=O)c2sc(Cl)nc2C(F)(F)C(F)(F)F)c1. The number of halogens is 6. The molecule has 0 aliphatic carbocycles. The summed E-state index contributed by atoms with van der Waals surface area (Å²) in [6.45, 7) is 0. The smallest absolute Gasteiger partial charge is 0.459 e. The highest BCUT2D eigenvalue weighted by atomic mass is 35.5. The number of hydrogen-bond donors (Lipinski definition) is 0. The first-order valence-corrected chi connectivity index (χ1v) is 7.07. The van der Waals surface area contributed by atoms with Crippen molar-refractivity contribution in [2.75, 3.05) is 7.11 Å². The van der Waals surface area contributed by atoms with Crippen molar-refractivity contribution in [3.8, 4) is 5.75 Å². The zero-order chi connectivity index (χ0) is 17.4. The summed E-state index contributed by atoms with van der Waals surface area (Å²) >= 11 is 5.70. The van der Waals surface area contributed by atoms with Gasteiger partial charge in [0.25, 0.3) is 0 Å². The molecule has 0 radical (unpaired) electrons. The van der Waals surface area contributed by atoms with Crippen LogP contribution in [0.1, 0.15) is 20.9 Å². The van der Waals surface area contributed by atoms with Gasteiger partial charge < -0.3 is 4.74 Å². The van der Waals surface area contributed by atoms with Crippen molar-refractivity contribution in [3.05, 3.63) is 44.9 Å². The Kier molecular flexibility index (Phi) is 4.63. The van der Waals surface area contributed by atoms with Crippen LogP contribution in [-0.4, -0.2) is 24.1 Å². The minimum absolute atomic E-state index is 0.121. The molecular weight excluding hydrogens is 365 g/mol. The number of alkyl halides is 5. The van der Waals surface area contributed by atoms with E-state index in [1.807, 2.05) is 0 Å². The summed E-state index contributed by atoms with van der Waals surface area (Å²) in [7, 11) is 1.32. The Balaban J connectivity index is 2.54. The molecule has 1 aromatic heterocycles. The lowest BCUT2D eigenvalue weighted by Crippen LogP contribution is -2.35. The van der Waals surface area contributed by atoms with Gasteiger partial charge in [-0.15, -0.1) is 0 Å². The molecule has 0 aliphatic heterocycles. The van der Waals surface area contributed by atoms with Crippen molar-refractivity contribution >= 4 is 28.7 Å². The van der Waals surface area contributed by atoms with Crippen LogP contribution in [0.4, 0.5) is 22.0 Å². The molecule has 0 spiro atoms. The first kappa shape index (κ1) is 17.6. The number of ether oxygens (including phenoxy) is 1. The maximum absolute atomic E-state index is 13.5. The largest absolute Gasteiger partial charge is 0.497 e. The molecule has 3 nitrogen and oxygen atoms in total. The van der Waals surface area contributed by atoms with Crippen LogP contribution >= 0.6 is 22.9 Å². The van der Waals surface area contributed by atoms with Gasteiger partial charge in [0, 0.05) is 5.56 Å². The fraction of sp³-hybridized carbons (Fsp3) is 0.231. The van der Waals surface area contributed by atoms with Crippen molar-refractivity contribution in [1.82, 2.24) is 4.98 Å². The molecule has 0 amide bonds. The molecule has 10 heteroatoms. The Bertz CT molecular complexity index is 744. The fourth-order valence-electron chi connectivity index (χ4n) is 1.69. The van der Waals surface area contributed by atoms with E-state index in [2.05, 4.69) is 4.98 Å². The Morgan fingerprint density at radius 2 is 1.91 bits per heavy atom. The van der Waals surface area contributed by atoms with Crippen LogP contribution in [0.2, 0.25) is 4.47 Å². The number of thiazole rings is 1. The monoisotopic (exact) mass is 371 g/mol. The van der Waals surface area contributed by atoms with Gasteiger partial charge in [-0.1, -0.05) is 35.1 Å². The number of carbonyl (C=O) groups is 1. The van der Waals surface area contributed by atoms with Crippen LogP contribution in [0.25, 0.3) is 0 Å². The number of carbonyl (C=O) groups excluding carboxylic acids is 1. The van der Waals surface area contributed by atoms with Crippen LogP contribution in [0.3, 0.4) is 0 Å². The van der Waals surface area contributed by atoms with Gasteiger partial charge in [0.15, 0.2) is 4.47 Å². The van der Waals surface area contributed by atoms with Crippen LogP contribution in [0.15, 0.2) is 24.3 Å². The topological polar surface area (TPSA) is 39.2 Å². The zero-order valence-corrected chi connectivity index (χ0v) is 12.8. The summed E-state index contributed by atoms with van der Waals surface area (Å²) < 4.78 is 69.0. The van der Waals surface area contributed by atoms with E-state index in [1.54, 1.807) is 0 Å². The average Bonchev–Trinajstić information content (AvgIpc) is 2.88. The molecule has 0 aliphatic rings. The lowest BCUT2D eigenvalue weighted by atomic mass is 10.1. The van der Waals surface area contributed by atoms with E-state index in [0.717, 1.165) is 0 Å². The van der Waals surface area contributed by atoms with Crippen molar-refractivity contribution in [2.45, 2.75) is 12.1 Å². The van der Waals surface area contributed by atoms with E-state index in [9.17, 15) is 26.7 Å². The van der Waals surface area contributed by atoms with Gasteiger partial charge in [-0.25, -0.2) is 4.98 Å². The second-order valence-electron chi connectivity index (χ2n) is 4.28. The molecule has 124 valence electrons. The van der Waals surface area contributed by atoms with E-state index >= 15 is 0 Å². The third-order valence-corrected chi connectivity index (χ3v) is 3.95. The Labute approximate surface area is 135 Å². The van der Waals surface area contributed by atoms with Gasteiger partial charge in [-0.3, -0.25) is 4.79 Å². The number of nitrogens with zero attached hydrogens (tertiary/aromatic N) is 1. The van der Waals surface area contributed by atoms with Crippen molar-refractivity contribution in [3.63, 3.8) is 0 Å². The summed E-state index contributed by atoms with van der Waals surface area (Å²) in [6, 6.07) is 5.36. The maximum atomic E-state index is 13.5. The molecule has 0 atom stereocenters. The first-order valence-electron chi connectivity index (χ1n) is 5.88. The molecule has 1 heterocycles. The molecule has 0 N–H and O–H groups in total. The summed E-state index contributed by atoms with van der Waals surface area (Å²) in [5, 5.41) is 0. The van der Waals surface area contributed by atoms with E-state index in [4.69, 9.17) is 16.3 Å². The molecule has 0 unspecified atom stereocenters. The van der Waals surface area contributed by atoms with Crippen LogP contribution in [-0.2, 0) is 5.92 Å². The predicted octanol–water partition coefficient (Wildman–Crippen LogP) is 4.69. The number of ketones is 1. The lowest BCUT2D eigenvalue weighted by molar-refractivity contribution is -0.290. The van der Waals surface area contributed by atoms with Gasteiger partial charge in [-0.05, 0) is 12.1 Å². The van der Waals surface area contributed by atoms with E-state index < -0.39 is 32.9 Å². The van der Waals surface area contributed by atoms with Crippen LogP contribution < -0.4 is 4.74 Å². The minimum Gasteiger partial charge on any atom is -0.497 e. The molecule has 23 heavy (non-hydrogen) atoms. The molecule has 2 rings (SSSR count). The lowest BCUT2D eigenvalue weighted by Gasteiger charge is -2.18. The number of rotatable bonds is 4. The van der Waals surface area contributed by atoms with Crippen molar-refractivity contribution < 1.29 is 31.5 Å². The normalized spacial score (nSPS) is 12.3. The maximum Gasteiger partial charge on any atom is 0.459 e. The van der Waals surface area contributed by atoms with E-state index in [1.165, 1.54) is 31.4 Å². The Hall–Kier alpha value is -1.74. The van der Waals surface area contributed by atoms with Gasteiger partial charge in [0.2, 0.25) is 5.78 Å². The molecule has 0 saturated carbocycles. The zero-order valence-electron chi connectivity index (χ0n) is 11.2. The highest BCUT2D eigenvalue weighted by Gasteiger charge is 2.61. The number of aromatic nitrogens is 1. The Morgan fingerprint density at radius 3 is 2.48 bits per heavy atom. The highest BCUT2D eigenvalue weighted by molar-refractivity contribution is 7.17. The molecule has 2 aromatic rings. The molecule has 0 fully saturated rings. The third-order valence-electron chi connectivity index (χ3n) is 2.79. The van der Waals surface area contributed by atoms with Gasteiger partial charge in [-0.2, -0.15) is 22.0 Å². The number of benzene rings is 1. The molecule has 0 bridgehead atoms. The highest BCUT2D eigenvalue weighted by Crippen LogP contribution is 2.46. The molecule has 0 saturated heterocycles. The Morgan fingerprint density at radius 1 is 1.26 bits per heavy atom. The van der Waals surface area contributed by atoms with Crippen LogP contribution in [0, 0.1) is 0 Å². The predicted molar refractivity (Wildman–Crippen MR) is 73.5 cm³/mol. The van der Waals surface area contributed by atoms with Gasteiger partial charge in [0.1, 0.15) is 16.3 Å². The second kappa shape index (κ2) is 6.04. The number of methoxy groups -OCH3 is 1. The van der Waals surface area contributed by atoms with Crippen molar-refractivity contribution in [2.24, 2.45) is 0 Å². The minimum atomic E-state index is -5.90. The van der Waals surface area contributed by atoms with Gasteiger partial charge in [0.05, 0.1) is 7.11 Å². The second-order valence-corrected chi connectivity index (χ2v) is 5.86. The van der Waals surface area contributed by atoms with Crippen LogP contribution in [0.5, 0.6) is 5.75 Å². The first-order chi connectivity index (χ1) is 10.6. The summed E-state index contributed by atoms with van der Waals surface area (Å²) in [5.41, 5.74) is -1.82. The standard InChI is InChI=1S/C13H7ClF5NO2S/c1-22-7-4-2-3-6(5-7)8(21)9-10(20-11(14)23-9)12(15,16)13(17,18)19/h2-5H,1H3. The summed E-state index contributed by atoms with van der Waals surface area (Å²) in [4.78, 5) is 14.4. The summed E-state index contributed by atoms with van der Waals surface area (Å²) in [5.74, 6) is -6.09. The quantitative estimate of drug-likeness (QED) is 0.578. The van der Waals surface area contributed by atoms with Crippen molar-refractivity contribution in [1.29, 1.82) is 0 Å². The molecular formula is C13H7ClF5NO2S. The number of hydrogen-bond acceptors (Lipinski definition) is 4. The van der Waals surface area contributed by atoms with E-state index in [-0.39, 0.29) is 22.6 Å². The third kappa shape index (κ3) is 3.30. The van der Waals surface area contributed by atoms with Gasteiger partial charge >= 0.3 is 12.1 Å². The average molecular weight is 372 g/mol. The molecule has 1 aromatic carbocycles. The fourth-order valence-corrected chi connectivity index (χ4v) is 2.79. The van der Waals surface area contributed by atoms with E-state index in [0.29, 0.717) is 0 Å². The summed E-state index contributed by atoms with van der Waals surface area (Å²) in [6.07, 6.45) is -5.90.